The quantitative estimate of drug-likeness (QED) is 0.754. The molecular formula is C25H32N4O4. The van der Waals surface area contributed by atoms with E-state index in [2.05, 4.69) is 10.2 Å². The zero-order chi connectivity index (χ0) is 23.4. The Hall–Kier alpha value is -3.13. The van der Waals surface area contributed by atoms with Crippen LogP contribution in [0.2, 0.25) is 0 Å². The Kier molecular flexibility index (Phi) is 7.13. The highest BCUT2D eigenvalue weighted by Crippen LogP contribution is 2.23. The number of likely N-dealkylation sites (tertiary alicyclic amines) is 1. The van der Waals surface area contributed by atoms with Gasteiger partial charge in [-0.3, -0.25) is 19.3 Å². The number of piperidine rings is 1. The van der Waals surface area contributed by atoms with Crippen LogP contribution in [0.15, 0.2) is 41.0 Å². The maximum atomic E-state index is 13.3. The molecular weight excluding hydrogens is 420 g/mol. The van der Waals surface area contributed by atoms with Gasteiger partial charge in [-0.25, -0.2) is 0 Å². The summed E-state index contributed by atoms with van der Waals surface area (Å²) in [6.45, 7) is 7.19. The summed E-state index contributed by atoms with van der Waals surface area (Å²) in [5.41, 5.74) is 2.95. The molecule has 0 bridgehead atoms. The van der Waals surface area contributed by atoms with E-state index in [1.54, 1.807) is 17.0 Å². The first kappa shape index (κ1) is 23.0. The number of nitrogens with zero attached hydrogens (tertiary/aromatic N) is 3. The highest BCUT2D eigenvalue weighted by atomic mass is 16.3. The number of furan rings is 1. The summed E-state index contributed by atoms with van der Waals surface area (Å²) in [6, 6.07) is 8.82. The second-order valence-corrected chi connectivity index (χ2v) is 8.90. The zero-order valence-electron chi connectivity index (χ0n) is 19.4. The summed E-state index contributed by atoms with van der Waals surface area (Å²) in [6.07, 6.45) is 3.96. The summed E-state index contributed by atoms with van der Waals surface area (Å²) in [7, 11) is 0. The summed E-state index contributed by atoms with van der Waals surface area (Å²) in [4.78, 5) is 44.3. The fourth-order valence-corrected chi connectivity index (χ4v) is 4.70. The van der Waals surface area contributed by atoms with Crippen molar-refractivity contribution in [3.8, 4) is 0 Å². The van der Waals surface area contributed by atoms with Crippen molar-refractivity contribution in [1.29, 1.82) is 0 Å². The predicted molar refractivity (Wildman–Crippen MR) is 125 cm³/mol. The number of rotatable bonds is 5. The van der Waals surface area contributed by atoms with Gasteiger partial charge in [-0.15, -0.1) is 0 Å². The Morgan fingerprint density at radius 3 is 2.36 bits per heavy atom. The van der Waals surface area contributed by atoms with Gasteiger partial charge in [-0.1, -0.05) is 18.2 Å². The first-order valence-electron chi connectivity index (χ1n) is 11.7. The molecule has 0 spiro atoms. The third-order valence-corrected chi connectivity index (χ3v) is 6.58. The van der Waals surface area contributed by atoms with Crippen LogP contribution in [-0.2, 0) is 9.59 Å². The number of piperazine rings is 1. The summed E-state index contributed by atoms with van der Waals surface area (Å²) in [5.74, 6) is -0.00167. The Bertz CT molecular complexity index is 976. The molecule has 0 saturated carbocycles. The van der Waals surface area contributed by atoms with Crippen molar-refractivity contribution in [3.05, 3.63) is 53.5 Å². The Labute approximate surface area is 194 Å². The van der Waals surface area contributed by atoms with Gasteiger partial charge >= 0.3 is 0 Å². The number of carbonyl (C=O) groups excluding carboxylic acids is 3. The lowest BCUT2D eigenvalue weighted by molar-refractivity contribution is -0.139. The van der Waals surface area contributed by atoms with Crippen LogP contribution in [0.4, 0.5) is 5.69 Å². The van der Waals surface area contributed by atoms with Crippen molar-refractivity contribution >= 4 is 23.4 Å². The standard InChI is InChI=1S/C25H32N4O4/c1-18-7-5-8-19(2)23(18)26-22(30)17-27-12-14-28(15-13-27)24(31)20-9-3-4-11-29(20)25(32)21-10-6-16-33-21/h5-8,10,16,20H,3-4,9,11-15,17H2,1-2H3,(H,26,30). The van der Waals surface area contributed by atoms with Crippen molar-refractivity contribution in [1.82, 2.24) is 14.7 Å². The van der Waals surface area contributed by atoms with Gasteiger partial charge in [0.15, 0.2) is 5.76 Å². The molecule has 0 aliphatic carbocycles. The van der Waals surface area contributed by atoms with Gasteiger partial charge in [0.05, 0.1) is 12.8 Å². The lowest BCUT2D eigenvalue weighted by Gasteiger charge is -2.40. The lowest BCUT2D eigenvalue weighted by atomic mass is 10.00. The Morgan fingerprint density at radius 1 is 0.970 bits per heavy atom. The number of amides is 3. The predicted octanol–water partition coefficient (Wildman–Crippen LogP) is 2.67. The van der Waals surface area contributed by atoms with E-state index in [1.807, 2.05) is 36.9 Å². The maximum absolute atomic E-state index is 13.3. The number of para-hydroxylation sites is 1. The average molecular weight is 453 g/mol. The molecule has 1 aromatic heterocycles. The van der Waals surface area contributed by atoms with Crippen LogP contribution in [0.3, 0.4) is 0 Å². The minimum Gasteiger partial charge on any atom is -0.459 e. The molecule has 2 aliphatic rings. The fourth-order valence-electron chi connectivity index (χ4n) is 4.70. The summed E-state index contributed by atoms with van der Waals surface area (Å²) in [5, 5.41) is 3.03. The molecule has 4 rings (SSSR count). The third-order valence-electron chi connectivity index (χ3n) is 6.58. The number of anilines is 1. The molecule has 1 unspecified atom stereocenters. The van der Waals surface area contributed by atoms with Crippen molar-refractivity contribution in [2.45, 2.75) is 39.2 Å². The molecule has 1 atom stereocenters. The highest BCUT2D eigenvalue weighted by Gasteiger charge is 2.37. The number of nitrogens with one attached hydrogen (secondary N) is 1. The smallest absolute Gasteiger partial charge is 0.290 e. The van der Waals surface area contributed by atoms with Crippen LogP contribution < -0.4 is 5.32 Å². The van der Waals surface area contributed by atoms with Gasteiger partial charge in [0, 0.05) is 38.4 Å². The van der Waals surface area contributed by atoms with Gasteiger partial charge < -0.3 is 19.5 Å². The number of hydrogen-bond donors (Lipinski definition) is 1. The van der Waals surface area contributed by atoms with E-state index in [-0.39, 0.29) is 23.5 Å². The topological polar surface area (TPSA) is 86.1 Å². The van der Waals surface area contributed by atoms with Crippen LogP contribution in [-0.4, -0.2) is 77.7 Å². The van der Waals surface area contributed by atoms with Crippen LogP contribution >= 0.6 is 0 Å². The monoisotopic (exact) mass is 452 g/mol. The first-order valence-corrected chi connectivity index (χ1v) is 11.7. The van der Waals surface area contributed by atoms with E-state index < -0.39 is 6.04 Å². The molecule has 33 heavy (non-hydrogen) atoms. The average Bonchev–Trinajstić information content (AvgIpc) is 3.36. The molecule has 2 aliphatic heterocycles. The van der Waals surface area contributed by atoms with E-state index in [9.17, 15) is 14.4 Å². The second kappa shape index (κ2) is 10.2. The molecule has 3 heterocycles. The van der Waals surface area contributed by atoms with E-state index in [1.165, 1.54) is 6.26 Å². The third kappa shape index (κ3) is 5.27. The number of hydrogen-bond acceptors (Lipinski definition) is 5. The number of carbonyl (C=O) groups is 3. The first-order chi connectivity index (χ1) is 15.9. The van der Waals surface area contributed by atoms with E-state index in [4.69, 9.17) is 4.42 Å². The normalized spacial score (nSPS) is 19.4. The van der Waals surface area contributed by atoms with Crippen molar-refractivity contribution < 1.29 is 18.8 Å². The van der Waals surface area contributed by atoms with Crippen LogP contribution in [0.5, 0.6) is 0 Å². The SMILES string of the molecule is Cc1cccc(C)c1NC(=O)CN1CCN(C(=O)C2CCCCN2C(=O)c2ccco2)CC1. The highest BCUT2D eigenvalue weighted by molar-refractivity contribution is 5.96. The molecule has 3 amide bonds. The van der Waals surface area contributed by atoms with Gasteiger partial charge in [0.1, 0.15) is 6.04 Å². The number of benzene rings is 1. The lowest BCUT2D eigenvalue weighted by Crippen LogP contribution is -2.57. The minimum atomic E-state index is -0.449. The minimum absolute atomic E-state index is 0.00533. The largest absolute Gasteiger partial charge is 0.459 e. The van der Waals surface area contributed by atoms with E-state index >= 15 is 0 Å². The van der Waals surface area contributed by atoms with Gasteiger partial charge in [-0.2, -0.15) is 0 Å². The van der Waals surface area contributed by atoms with Crippen LogP contribution in [0.25, 0.3) is 0 Å². The molecule has 8 heteroatoms. The van der Waals surface area contributed by atoms with Crippen LogP contribution in [0.1, 0.15) is 40.9 Å². The molecule has 8 nitrogen and oxygen atoms in total. The molecule has 1 aromatic carbocycles. The second-order valence-electron chi connectivity index (χ2n) is 8.90. The number of aryl methyl sites for hydroxylation is 2. The Morgan fingerprint density at radius 2 is 1.70 bits per heavy atom. The molecule has 0 radical (unpaired) electrons. The van der Waals surface area contributed by atoms with Crippen molar-refractivity contribution in [2.75, 3.05) is 44.6 Å². The van der Waals surface area contributed by atoms with Gasteiger partial charge in [0.25, 0.3) is 5.91 Å². The summed E-state index contributed by atoms with van der Waals surface area (Å²) >= 11 is 0. The maximum Gasteiger partial charge on any atom is 0.290 e. The van der Waals surface area contributed by atoms with E-state index in [0.717, 1.165) is 29.7 Å². The molecule has 176 valence electrons. The molecule has 2 aromatic rings. The summed E-state index contributed by atoms with van der Waals surface area (Å²) < 4.78 is 5.27. The van der Waals surface area contributed by atoms with Gasteiger partial charge in [0.2, 0.25) is 11.8 Å². The molecule has 2 fully saturated rings. The van der Waals surface area contributed by atoms with Crippen molar-refractivity contribution in [2.24, 2.45) is 0 Å². The fraction of sp³-hybridized carbons (Fsp3) is 0.480. The zero-order valence-corrected chi connectivity index (χ0v) is 19.4. The molecule has 1 N–H and O–H groups in total. The van der Waals surface area contributed by atoms with E-state index in [0.29, 0.717) is 45.7 Å². The molecule has 2 saturated heterocycles. The van der Waals surface area contributed by atoms with Gasteiger partial charge in [-0.05, 0) is 56.4 Å². The Balaban J connectivity index is 1.31. The van der Waals surface area contributed by atoms with Crippen LogP contribution in [0, 0.1) is 13.8 Å². The van der Waals surface area contributed by atoms with Crippen molar-refractivity contribution in [3.63, 3.8) is 0 Å².